The van der Waals surface area contributed by atoms with E-state index in [2.05, 4.69) is 58.5 Å². The van der Waals surface area contributed by atoms with E-state index in [4.69, 9.17) is 0 Å². The number of nitrogens with zero attached hydrogens (tertiary/aromatic N) is 1. The Morgan fingerprint density at radius 2 is 2.12 bits per heavy atom. The van der Waals surface area contributed by atoms with Crippen LogP contribution in [0.15, 0.2) is 15.9 Å². The molecule has 0 aliphatic carbocycles. The van der Waals surface area contributed by atoms with Crippen LogP contribution in [-0.2, 0) is 6.42 Å². The van der Waals surface area contributed by atoms with Gasteiger partial charge in [-0.2, -0.15) is 0 Å². The monoisotopic (exact) mass is 318 g/mol. The van der Waals surface area contributed by atoms with Gasteiger partial charge in [-0.15, -0.1) is 11.3 Å². The summed E-state index contributed by atoms with van der Waals surface area (Å²) in [7, 11) is 2.06. The summed E-state index contributed by atoms with van der Waals surface area (Å²) < 4.78 is 1.26. The molecule has 0 saturated carbocycles. The summed E-state index contributed by atoms with van der Waals surface area (Å²) in [6, 6.07) is 2.71. The first-order valence-electron chi connectivity index (χ1n) is 6.32. The third-order valence-electron chi connectivity index (χ3n) is 3.22. The van der Waals surface area contributed by atoms with E-state index in [1.165, 1.54) is 22.3 Å². The molecule has 0 amide bonds. The van der Waals surface area contributed by atoms with E-state index in [0.29, 0.717) is 6.04 Å². The molecule has 1 N–H and O–H groups in total. The van der Waals surface area contributed by atoms with Gasteiger partial charge in [0.2, 0.25) is 0 Å². The molecule has 1 atom stereocenters. The fourth-order valence-electron chi connectivity index (χ4n) is 1.92. The Morgan fingerprint density at radius 1 is 1.41 bits per heavy atom. The van der Waals surface area contributed by atoms with Crippen LogP contribution in [0.3, 0.4) is 0 Å². The Bertz CT molecular complexity index is 310. The molecular weight excluding hydrogens is 296 g/mol. The number of rotatable bonds is 8. The number of likely N-dealkylation sites (N-methyl/N-ethyl adjacent to an activating group) is 1. The molecule has 1 unspecified atom stereocenters. The predicted molar refractivity (Wildman–Crippen MR) is 81.0 cm³/mol. The smallest absolute Gasteiger partial charge is 0.0314 e. The summed E-state index contributed by atoms with van der Waals surface area (Å²) >= 11 is 5.44. The van der Waals surface area contributed by atoms with Crippen molar-refractivity contribution in [3.8, 4) is 0 Å². The molecule has 0 saturated heterocycles. The van der Waals surface area contributed by atoms with Crippen LogP contribution < -0.4 is 5.32 Å². The lowest BCUT2D eigenvalue weighted by atomic mass is 10.1. The molecule has 0 spiro atoms. The quantitative estimate of drug-likeness (QED) is 0.790. The fourth-order valence-corrected chi connectivity index (χ4v) is 3.52. The molecule has 1 aromatic heterocycles. The van der Waals surface area contributed by atoms with E-state index < -0.39 is 0 Å². The van der Waals surface area contributed by atoms with Crippen LogP contribution in [0.5, 0.6) is 0 Å². The molecular formula is C13H23BrN2S. The van der Waals surface area contributed by atoms with Gasteiger partial charge >= 0.3 is 0 Å². The maximum Gasteiger partial charge on any atom is 0.0314 e. The normalized spacial score (nSPS) is 13.2. The third-order valence-corrected chi connectivity index (χ3v) is 5.17. The molecule has 1 aromatic rings. The van der Waals surface area contributed by atoms with Gasteiger partial charge in [0.15, 0.2) is 0 Å². The van der Waals surface area contributed by atoms with Gasteiger partial charge in [0, 0.05) is 15.4 Å². The van der Waals surface area contributed by atoms with Crippen molar-refractivity contribution in [2.75, 3.05) is 26.7 Å². The van der Waals surface area contributed by atoms with Gasteiger partial charge in [-0.05, 0) is 66.9 Å². The highest BCUT2D eigenvalue weighted by Crippen LogP contribution is 2.24. The van der Waals surface area contributed by atoms with Crippen LogP contribution in [0.2, 0.25) is 0 Å². The number of nitrogens with one attached hydrogen (secondary N) is 1. The predicted octanol–water partition coefficient (Wildman–Crippen LogP) is 3.37. The van der Waals surface area contributed by atoms with Crippen LogP contribution >= 0.6 is 27.3 Å². The number of halogens is 1. The first kappa shape index (κ1) is 15.2. The summed E-state index contributed by atoms with van der Waals surface area (Å²) in [5.41, 5.74) is 0. The lowest BCUT2D eigenvalue weighted by Gasteiger charge is -2.22. The van der Waals surface area contributed by atoms with Crippen LogP contribution in [0.1, 0.15) is 25.1 Å². The second-order valence-corrected chi connectivity index (χ2v) is 6.05. The van der Waals surface area contributed by atoms with Crippen molar-refractivity contribution in [3.05, 3.63) is 20.8 Å². The zero-order valence-electron chi connectivity index (χ0n) is 11.0. The van der Waals surface area contributed by atoms with E-state index in [1.807, 2.05) is 11.3 Å². The molecule has 1 rings (SSSR count). The summed E-state index contributed by atoms with van der Waals surface area (Å²) in [5, 5.41) is 5.58. The Labute approximate surface area is 118 Å². The highest BCUT2D eigenvalue weighted by Gasteiger charge is 2.11. The first-order chi connectivity index (χ1) is 8.21. The lowest BCUT2D eigenvalue weighted by molar-refractivity contribution is 0.283. The minimum Gasteiger partial charge on any atom is -0.317 e. The molecule has 0 aromatic carbocycles. The minimum atomic E-state index is 0.575. The minimum absolute atomic E-state index is 0.575. The maximum absolute atomic E-state index is 3.60. The Hall–Kier alpha value is 0.1000. The summed E-state index contributed by atoms with van der Waals surface area (Å²) in [6.45, 7) is 7.94. The summed E-state index contributed by atoms with van der Waals surface area (Å²) in [4.78, 5) is 3.93. The van der Waals surface area contributed by atoms with Crippen molar-refractivity contribution in [1.29, 1.82) is 0 Å². The van der Waals surface area contributed by atoms with E-state index in [9.17, 15) is 0 Å². The summed E-state index contributed by atoms with van der Waals surface area (Å²) in [6.07, 6.45) is 2.33. The van der Waals surface area contributed by atoms with Crippen molar-refractivity contribution < 1.29 is 0 Å². The Balaban J connectivity index is 2.41. The van der Waals surface area contributed by atoms with Gasteiger partial charge in [-0.25, -0.2) is 0 Å². The highest BCUT2D eigenvalue weighted by atomic mass is 79.9. The standard InChI is InChI=1S/C13H23BrN2S/c1-4-16(5-2)8-6-11(15-3)10-13-12(14)7-9-17-13/h7,9,11,15H,4-6,8,10H2,1-3H3. The molecule has 0 bridgehead atoms. The van der Waals surface area contributed by atoms with E-state index in [-0.39, 0.29) is 0 Å². The van der Waals surface area contributed by atoms with Gasteiger partial charge in [-0.3, -0.25) is 0 Å². The number of thiophene rings is 1. The number of hydrogen-bond acceptors (Lipinski definition) is 3. The Morgan fingerprint density at radius 3 is 2.59 bits per heavy atom. The first-order valence-corrected chi connectivity index (χ1v) is 8.00. The second-order valence-electron chi connectivity index (χ2n) is 4.20. The zero-order valence-corrected chi connectivity index (χ0v) is 13.4. The van der Waals surface area contributed by atoms with Gasteiger partial charge < -0.3 is 10.2 Å². The molecule has 17 heavy (non-hydrogen) atoms. The lowest BCUT2D eigenvalue weighted by Crippen LogP contribution is -2.33. The van der Waals surface area contributed by atoms with Gasteiger partial charge in [-0.1, -0.05) is 13.8 Å². The SMILES string of the molecule is CCN(CC)CCC(Cc1sccc1Br)NC. The van der Waals surface area contributed by atoms with Gasteiger partial charge in [0.05, 0.1) is 0 Å². The van der Waals surface area contributed by atoms with E-state index >= 15 is 0 Å². The fraction of sp³-hybridized carbons (Fsp3) is 0.692. The maximum atomic E-state index is 3.60. The summed E-state index contributed by atoms with van der Waals surface area (Å²) in [5.74, 6) is 0. The van der Waals surface area contributed by atoms with Crippen LogP contribution in [0.4, 0.5) is 0 Å². The molecule has 98 valence electrons. The molecule has 0 aliphatic heterocycles. The average Bonchev–Trinajstić information content (AvgIpc) is 2.74. The molecule has 0 fully saturated rings. The third kappa shape index (κ3) is 5.08. The molecule has 0 radical (unpaired) electrons. The highest BCUT2D eigenvalue weighted by molar-refractivity contribution is 9.10. The molecule has 2 nitrogen and oxygen atoms in total. The molecule has 1 heterocycles. The largest absolute Gasteiger partial charge is 0.317 e. The molecule has 0 aliphatic rings. The van der Waals surface area contributed by atoms with Crippen LogP contribution in [-0.4, -0.2) is 37.6 Å². The van der Waals surface area contributed by atoms with Crippen LogP contribution in [0.25, 0.3) is 0 Å². The van der Waals surface area contributed by atoms with Crippen molar-refractivity contribution in [2.24, 2.45) is 0 Å². The second kappa shape index (κ2) is 8.25. The van der Waals surface area contributed by atoms with Crippen molar-refractivity contribution >= 4 is 27.3 Å². The molecule has 4 heteroatoms. The van der Waals surface area contributed by atoms with E-state index in [0.717, 1.165) is 19.5 Å². The van der Waals surface area contributed by atoms with Crippen molar-refractivity contribution in [1.82, 2.24) is 10.2 Å². The van der Waals surface area contributed by atoms with Crippen LogP contribution in [0, 0.1) is 0 Å². The van der Waals surface area contributed by atoms with Gasteiger partial charge in [0.25, 0.3) is 0 Å². The average molecular weight is 319 g/mol. The Kier molecular flexibility index (Phi) is 7.35. The van der Waals surface area contributed by atoms with Crippen molar-refractivity contribution in [3.63, 3.8) is 0 Å². The van der Waals surface area contributed by atoms with E-state index in [1.54, 1.807) is 0 Å². The van der Waals surface area contributed by atoms with Gasteiger partial charge in [0.1, 0.15) is 0 Å². The van der Waals surface area contributed by atoms with Crippen molar-refractivity contribution in [2.45, 2.75) is 32.7 Å². The number of hydrogen-bond donors (Lipinski definition) is 1. The topological polar surface area (TPSA) is 15.3 Å². The zero-order chi connectivity index (χ0) is 12.7.